The van der Waals surface area contributed by atoms with Gasteiger partial charge in [0.05, 0.1) is 0 Å². The lowest BCUT2D eigenvalue weighted by Gasteiger charge is -2.23. The van der Waals surface area contributed by atoms with E-state index in [0.29, 0.717) is 18.5 Å². The molecule has 1 aliphatic carbocycles. The van der Waals surface area contributed by atoms with Crippen molar-refractivity contribution in [1.82, 2.24) is 4.90 Å². The number of rotatable bonds is 5. The van der Waals surface area contributed by atoms with Crippen molar-refractivity contribution < 1.29 is 14.4 Å². The lowest BCUT2D eigenvalue weighted by atomic mass is 9.80. The highest BCUT2D eigenvalue weighted by atomic mass is 16.2. The molecule has 144 valence electrons. The zero-order chi connectivity index (χ0) is 19.7. The molecule has 28 heavy (non-hydrogen) atoms. The molecular formula is C23H24N2O3. The summed E-state index contributed by atoms with van der Waals surface area (Å²) >= 11 is 0. The summed E-state index contributed by atoms with van der Waals surface area (Å²) in [5.74, 6) is -0.202. The Balaban J connectivity index is 1.54. The standard InChI is InChI=1S/C23H24N2O3/c24-22(27)20-8-3-13-25(20)23(28)19-7-2-6-18(14-19)15-9-11-17(12-10-15)21(26)16-4-1-5-16/h2,6-7,9-12,14,16,20H,1,3-5,8,13H2,(H2,24,27)/t20-/m0/s1. The number of carbonyl (C=O) groups is 3. The number of carbonyl (C=O) groups excluding carboxylic acids is 3. The van der Waals surface area contributed by atoms with E-state index in [1.54, 1.807) is 11.0 Å². The Bertz CT molecular complexity index is 916. The molecule has 0 spiro atoms. The van der Waals surface area contributed by atoms with Crippen molar-refractivity contribution in [3.63, 3.8) is 0 Å². The van der Waals surface area contributed by atoms with Gasteiger partial charge in [-0.15, -0.1) is 0 Å². The van der Waals surface area contributed by atoms with Crippen molar-refractivity contribution in [2.24, 2.45) is 11.7 Å². The maximum absolute atomic E-state index is 12.9. The summed E-state index contributed by atoms with van der Waals surface area (Å²) in [6.45, 7) is 0.550. The van der Waals surface area contributed by atoms with E-state index < -0.39 is 11.9 Å². The van der Waals surface area contributed by atoms with Crippen LogP contribution in [0.3, 0.4) is 0 Å². The number of nitrogens with two attached hydrogens (primary N) is 1. The van der Waals surface area contributed by atoms with Crippen LogP contribution in [0.25, 0.3) is 11.1 Å². The highest BCUT2D eigenvalue weighted by molar-refractivity contribution is 6.00. The molecule has 0 radical (unpaired) electrons. The van der Waals surface area contributed by atoms with Crippen LogP contribution in [0.1, 0.15) is 52.8 Å². The van der Waals surface area contributed by atoms with E-state index in [1.807, 2.05) is 42.5 Å². The predicted octanol–water partition coefficient (Wildman–Crippen LogP) is 3.43. The third-order valence-corrected chi connectivity index (χ3v) is 5.93. The van der Waals surface area contributed by atoms with Crippen LogP contribution in [-0.2, 0) is 4.79 Å². The van der Waals surface area contributed by atoms with E-state index in [4.69, 9.17) is 5.73 Å². The van der Waals surface area contributed by atoms with Crippen LogP contribution in [0.2, 0.25) is 0 Å². The number of hydrogen-bond acceptors (Lipinski definition) is 3. The van der Waals surface area contributed by atoms with Crippen molar-refractivity contribution in [2.75, 3.05) is 6.54 Å². The molecule has 2 aliphatic rings. The van der Waals surface area contributed by atoms with Crippen molar-refractivity contribution in [3.05, 3.63) is 59.7 Å². The van der Waals surface area contributed by atoms with Gasteiger partial charge in [0, 0.05) is 23.6 Å². The van der Waals surface area contributed by atoms with Gasteiger partial charge >= 0.3 is 0 Å². The molecule has 1 saturated heterocycles. The first-order chi connectivity index (χ1) is 13.5. The molecule has 2 aromatic rings. The first-order valence-corrected chi connectivity index (χ1v) is 9.89. The molecule has 5 nitrogen and oxygen atoms in total. The van der Waals surface area contributed by atoms with Crippen LogP contribution in [0.15, 0.2) is 48.5 Å². The third kappa shape index (κ3) is 3.44. The van der Waals surface area contributed by atoms with Gasteiger partial charge in [0.15, 0.2) is 5.78 Å². The number of hydrogen-bond donors (Lipinski definition) is 1. The van der Waals surface area contributed by atoms with Gasteiger partial charge in [0.2, 0.25) is 5.91 Å². The quantitative estimate of drug-likeness (QED) is 0.812. The zero-order valence-corrected chi connectivity index (χ0v) is 15.8. The number of ketones is 1. The number of Topliss-reactive ketones (excluding diaryl/α,β-unsaturated/α-hetero) is 1. The Labute approximate surface area is 164 Å². The zero-order valence-electron chi connectivity index (χ0n) is 15.8. The highest BCUT2D eigenvalue weighted by Crippen LogP contribution is 2.31. The normalized spacial score (nSPS) is 19.3. The Morgan fingerprint density at radius 2 is 1.61 bits per heavy atom. The summed E-state index contributed by atoms with van der Waals surface area (Å²) in [5, 5.41) is 0. The maximum Gasteiger partial charge on any atom is 0.254 e. The molecule has 5 heteroatoms. The van der Waals surface area contributed by atoms with Gasteiger partial charge in [0.25, 0.3) is 5.91 Å². The topological polar surface area (TPSA) is 80.5 Å². The molecule has 1 aliphatic heterocycles. The lowest BCUT2D eigenvalue weighted by Crippen LogP contribution is -2.43. The van der Waals surface area contributed by atoms with Crippen molar-refractivity contribution in [1.29, 1.82) is 0 Å². The van der Waals surface area contributed by atoms with Crippen LogP contribution in [-0.4, -0.2) is 35.1 Å². The second-order valence-electron chi connectivity index (χ2n) is 7.71. The van der Waals surface area contributed by atoms with E-state index in [-0.39, 0.29) is 17.6 Å². The summed E-state index contributed by atoms with van der Waals surface area (Å²) in [6, 6.07) is 14.4. The second-order valence-corrected chi connectivity index (χ2v) is 7.71. The Morgan fingerprint density at radius 1 is 0.857 bits per heavy atom. The summed E-state index contributed by atoms with van der Waals surface area (Å²) in [5.41, 5.74) is 8.59. The minimum Gasteiger partial charge on any atom is -0.368 e. The molecule has 2 fully saturated rings. The smallest absolute Gasteiger partial charge is 0.254 e. The van der Waals surface area contributed by atoms with Crippen LogP contribution in [0.4, 0.5) is 0 Å². The fourth-order valence-corrected chi connectivity index (χ4v) is 4.04. The predicted molar refractivity (Wildman–Crippen MR) is 107 cm³/mol. The number of primary amides is 1. The van der Waals surface area contributed by atoms with Gasteiger partial charge in [0.1, 0.15) is 6.04 Å². The molecule has 0 bridgehead atoms. The van der Waals surface area contributed by atoms with Gasteiger partial charge in [-0.3, -0.25) is 14.4 Å². The van der Waals surface area contributed by atoms with E-state index in [1.165, 1.54) is 0 Å². The van der Waals surface area contributed by atoms with Crippen molar-refractivity contribution in [3.8, 4) is 11.1 Å². The molecule has 4 rings (SSSR count). The molecule has 1 heterocycles. The monoisotopic (exact) mass is 376 g/mol. The van der Waals surface area contributed by atoms with Crippen LogP contribution in [0, 0.1) is 5.92 Å². The van der Waals surface area contributed by atoms with E-state index >= 15 is 0 Å². The first kappa shape index (κ1) is 18.4. The molecule has 0 unspecified atom stereocenters. The fraction of sp³-hybridized carbons (Fsp3) is 0.348. The number of likely N-dealkylation sites (tertiary alicyclic amines) is 1. The lowest BCUT2D eigenvalue weighted by molar-refractivity contribution is -0.121. The van der Waals surface area contributed by atoms with Gasteiger partial charge in [-0.25, -0.2) is 0 Å². The van der Waals surface area contributed by atoms with Crippen molar-refractivity contribution in [2.45, 2.75) is 38.1 Å². The third-order valence-electron chi connectivity index (χ3n) is 5.93. The molecule has 0 aromatic heterocycles. The summed E-state index contributed by atoms with van der Waals surface area (Å²) in [4.78, 5) is 38.4. The molecule has 2 amide bonds. The van der Waals surface area contributed by atoms with Gasteiger partial charge in [-0.05, 0) is 48.9 Å². The first-order valence-electron chi connectivity index (χ1n) is 9.89. The number of amides is 2. The second kappa shape index (κ2) is 7.58. The summed E-state index contributed by atoms with van der Waals surface area (Å²) in [7, 11) is 0. The van der Waals surface area contributed by atoms with E-state index in [9.17, 15) is 14.4 Å². The van der Waals surface area contributed by atoms with Crippen LogP contribution >= 0.6 is 0 Å². The SMILES string of the molecule is NC(=O)[C@@H]1CCCN1C(=O)c1cccc(-c2ccc(C(=O)C3CCC3)cc2)c1. The molecule has 2 aromatic carbocycles. The summed E-state index contributed by atoms with van der Waals surface area (Å²) < 4.78 is 0. The van der Waals surface area contributed by atoms with Gasteiger partial charge in [-0.2, -0.15) is 0 Å². The van der Waals surface area contributed by atoms with Crippen molar-refractivity contribution >= 4 is 17.6 Å². The van der Waals surface area contributed by atoms with Crippen LogP contribution in [0.5, 0.6) is 0 Å². The number of nitrogens with zero attached hydrogens (tertiary/aromatic N) is 1. The van der Waals surface area contributed by atoms with E-state index in [0.717, 1.165) is 42.4 Å². The fourth-order valence-electron chi connectivity index (χ4n) is 4.04. The summed E-state index contributed by atoms with van der Waals surface area (Å²) in [6.07, 6.45) is 4.54. The minimum absolute atomic E-state index is 0.167. The molecule has 2 N–H and O–H groups in total. The largest absolute Gasteiger partial charge is 0.368 e. The number of benzene rings is 2. The Kier molecular flexibility index (Phi) is 4.99. The molecule has 1 saturated carbocycles. The van der Waals surface area contributed by atoms with Gasteiger partial charge < -0.3 is 10.6 Å². The van der Waals surface area contributed by atoms with Gasteiger partial charge in [-0.1, -0.05) is 42.8 Å². The molecule has 1 atom stereocenters. The molecular weight excluding hydrogens is 352 g/mol. The average molecular weight is 376 g/mol. The maximum atomic E-state index is 12.9. The Hall–Kier alpha value is -2.95. The Morgan fingerprint density at radius 3 is 2.25 bits per heavy atom. The highest BCUT2D eigenvalue weighted by Gasteiger charge is 2.33. The average Bonchev–Trinajstić information content (AvgIpc) is 3.16. The minimum atomic E-state index is -0.520. The van der Waals surface area contributed by atoms with E-state index in [2.05, 4.69) is 0 Å². The van der Waals surface area contributed by atoms with Crippen LogP contribution < -0.4 is 5.73 Å².